The second-order valence-corrected chi connectivity index (χ2v) is 7.29. The zero-order valence-electron chi connectivity index (χ0n) is 13.9. The van der Waals surface area contributed by atoms with Gasteiger partial charge in [0.25, 0.3) is 0 Å². The van der Waals surface area contributed by atoms with E-state index in [4.69, 9.17) is 4.74 Å². The topological polar surface area (TPSA) is 29.5 Å². The van der Waals surface area contributed by atoms with E-state index in [1.165, 1.54) is 12.8 Å². The molecule has 0 spiro atoms. The largest absolute Gasteiger partial charge is 0.444 e. The highest BCUT2D eigenvalue weighted by Gasteiger charge is 2.39. The van der Waals surface area contributed by atoms with Crippen LogP contribution in [0.15, 0.2) is 0 Å². The van der Waals surface area contributed by atoms with Crippen LogP contribution in [-0.4, -0.2) is 29.2 Å². The molecule has 0 saturated heterocycles. The van der Waals surface area contributed by atoms with Crippen molar-refractivity contribution in [1.82, 2.24) is 4.90 Å². The molecule has 0 aromatic carbocycles. The molecule has 1 aliphatic rings. The summed E-state index contributed by atoms with van der Waals surface area (Å²) in [6, 6.07) is 0.215. The fourth-order valence-corrected chi connectivity index (χ4v) is 2.84. The smallest absolute Gasteiger partial charge is 0.411 e. The lowest BCUT2D eigenvalue weighted by atomic mass is 9.72. The van der Waals surface area contributed by atoms with Crippen LogP contribution in [0.2, 0.25) is 0 Å². The maximum Gasteiger partial charge on any atom is 0.411 e. The van der Waals surface area contributed by atoms with E-state index < -0.39 is 5.60 Å². The van der Waals surface area contributed by atoms with Crippen molar-refractivity contribution in [3.8, 4) is 11.8 Å². The first kappa shape index (κ1) is 16.9. The molecule has 0 heterocycles. The van der Waals surface area contributed by atoms with Crippen molar-refractivity contribution < 1.29 is 9.53 Å². The second-order valence-electron chi connectivity index (χ2n) is 7.29. The summed E-state index contributed by atoms with van der Waals surface area (Å²) in [5, 5.41) is 0. The Morgan fingerprint density at radius 2 is 2.00 bits per heavy atom. The van der Waals surface area contributed by atoms with Crippen molar-refractivity contribution >= 4 is 6.09 Å². The molecule has 0 bridgehead atoms. The summed E-state index contributed by atoms with van der Waals surface area (Å²) in [5.74, 6) is 5.91. The number of ether oxygens (including phenoxy) is 1. The van der Waals surface area contributed by atoms with Crippen LogP contribution in [0.5, 0.6) is 0 Å². The Morgan fingerprint density at radius 3 is 2.50 bits per heavy atom. The van der Waals surface area contributed by atoms with Crippen molar-refractivity contribution in [3.63, 3.8) is 0 Å². The first-order chi connectivity index (χ1) is 9.17. The molecule has 0 radical (unpaired) electrons. The monoisotopic (exact) mass is 279 g/mol. The quantitative estimate of drug-likeness (QED) is 0.708. The molecule has 1 fully saturated rings. The lowest BCUT2D eigenvalue weighted by Crippen LogP contribution is -2.51. The molecular formula is C17H29NO2. The lowest BCUT2D eigenvalue weighted by molar-refractivity contribution is -0.00513. The van der Waals surface area contributed by atoms with Crippen molar-refractivity contribution in [2.75, 3.05) is 6.54 Å². The van der Waals surface area contributed by atoms with E-state index in [0.29, 0.717) is 6.54 Å². The van der Waals surface area contributed by atoms with Gasteiger partial charge in [-0.1, -0.05) is 32.6 Å². The molecule has 1 saturated carbocycles. The maximum atomic E-state index is 12.5. The van der Waals surface area contributed by atoms with Crippen molar-refractivity contribution in [1.29, 1.82) is 0 Å². The predicted octanol–water partition coefficient (Wildman–Crippen LogP) is 4.22. The van der Waals surface area contributed by atoms with Gasteiger partial charge in [-0.3, -0.25) is 4.90 Å². The molecule has 3 heteroatoms. The Kier molecular flexibility index (Phi) is 5.50. The molecule has 1 aliphatic carbocycles. The molecule has 20 heavy (non-hydrogen) atoms. The van der Waals surface area contributed by atoms with Gasteiger partial charge in [0.05, 0.1) is 6.54 Å². The highest BCUT2D eigenvalue weighted by Crippen LogP contribution is 2.39. The molecule has 1 rings (SSSR count). The number of nitrogens with zero attached hydrogens (tertiary/aromatic N) is 1. The summed E-state index contributed by atoms with van der Waals surface area (Å²) < 4.78 is 5.56. The first-order valence-corrected chi connectivity index (χ1v) is 7.56. The van der Waals surface area contributed by atoms with Gasteiger partial charge in [0.1, 0.15) is 5.60 Å². The Balaban J connectivity index is 2.92. The number of carbonyl (C=O) groups excluding carboxylic acids is 1. The minimum Gasteiger partial charge on any atom is -0.444 e. The number of rotatable bonds is 2. The van der Waals surface area contributed by atoms with Gasteiger partial charge in [-0.05, 0) is 46.0 Å². The Morgan fingerprint density at radius 1 is 1.35 bits per heavy atom. The second kappa shape index (κ2) is 6.52. The zero-order valence-corrected chi connectivity index (χ0v) is 13.9. The summed E-state index contributed by atoms with van der Waals surface area (Å²) >= 11 is 0. The van der Waals surface area contributed by atoms with Crippen LogP contribution in [-0.2, 0) is 4.74 Å². The number of amides is 1. The van der Waals surface area contributed by atoms with E-state index in [9.17, 15) is 4.79 Å². The van der Waals surface area contributed by atoms with Crippen LogP contribution in [0.1, 0.15) is 67.2 Å². The van der Waals surface area contributed by atoms with Gasteiger partial charge in [0.2, 0.25) is 0 Å². The summed E-state index contributed by atoms with van der Waals surface area (Å²) in [6.07, 6.45) is 4.37. The van der Waals surface area contributed by atoms with E-state index in [-0.39, 0.29) is 17.6 Å². The highest BCUT2D eigenvalue weighted by atomic mass is 16.6. The van der Waals surface area contributed by atoms with Gasteiger partial charge in [-0.2, -0.15) is 0 Å². The zero-order chi connectivity index (χ0) is 15.4. The van der Waals surface area contributed by atoms with E-state index in [0.717, 1.165) is 12.8 Å². The van der Waals surface area contributed by atoms with Gasteiger partial charge in [0, 0.05) is 6.04 Å². The molecular weight excluding hydrogens is 250 g/mol. The Bertz CT molecular complexity index is 395. The van der Waals surface area contributed by atoms with Gasteiger partial charge in [0.15, 0.2) is 0 Å². The maximum absolute atomic E-state index is 12.5. The predicted molar refractivity (Wildman–Crippen MR) is 82.4 cm³/mol. The third-order valence-electron chi connectivity index (χ3n) is 3.88. The van der Waals surface area contributed by atoms with E-state index in [1.807, 2.05) is 25.7 Å². The molecule has 0 aliphatic heterocycles. The number of hydrogen-bond acceptors (Lipinski definition) is 2. The van der Waals surface area contributed by atoms with Crippen molar-refractivity contribution in [3.05, 3.63) is 0 Å². The summed E-state index contributed by atoms with van der Waals surface area (Å²) in [4.78, 5) is 14.3. The molecule has 1 amide bonds. The molecule has 3 nitrogen and oxygen atoms in total. The van der Waals surface area contributed by atoms with Crippen molar-refractivity contribution in [2.45, 2.75) is 78.9 Å². The van der Waals surface area contributed by atoms with E-state index >= 15 is 0 Å². The van der Waals surface area contributed by atoms with Gasteiger partial charge in [-0.25, -0.2) is 4.79 Å². The average molecular weight is 279 g/mol. The minimum atomic E-state index is -0.464. The first-order valence-electron chi connectivity index (χ1n) is 7.56. The van der Waals surface area contributed by atoms with Crippen LogP contribution < -0.4 is 0 Å². The summed E-state index contributed by atoms with van der Waals surface area (Å²) in [6.45, 7) is 12.5. The standard InChI is InChI=1S/C17H29NO2/c1-7-8-13-18(15(19)20-16(2,3)4)14-11-9-10-12-17(14,5)6/h14H,9-13H2,1-6H3. The molecule has 1 atom stereocenters. The molecule has 1 unspecified atom stereocenters. The van der Waals surface area contributed by atoms with Gasteiger partial charge in [-0.15, -0.1) is 5.92 Å². The normalized spacial score (nSPS) is 21.6. The molecule has 114 valence electrons. The minimum absolute atomic E-state index is 0.130. The third-order valence-corrected chi connectivity index (χ3v) is 3.88. The number of hydrogen-bond donors (Lipinski definition) is 0. The van der Waals surface area contributed by atoms with Crippen LogP contribution in [0.25, 0.3) is 0 Å². The van der Waals surface area contributed by atoms with Crippen molar-refractivity contribution in [2.24, 2.45) is 5.41 Å². The fraction of sp³-hybridized carbons (Fsp3) is 0.824. The average Bonchev–Trinajstić information content (AvgIpc) is 2.28. The molecule has 0 aromatic heterocycles. The highest BCUT2D eigenvalue weighted by molar-refractivity contribution is 5.69. The molecule has 0 N–H and O–H groups in total. The lowest BCUT2D eigenvalue weighted by Gasteiger charge is -2.44. The molecule has 0 aromatic rings. The number of carbonyl (C=O) groups is 1. The summed E-state index contributed by atoms with van der Waals surface area (Å²) in [7, 11) is 0. The Hall–Kier alpha value is -1.17. The Labute approximate surface area is 124 Å². The third kappa shape index (κ3) is 4.74. The summed E-state index contributed by atoms with van der Waals surface area (Å²) in [5.41, 5.74) is -0.335. The SMILES string of the molecule is CC#CCN(C(=O)OC(C)(C)C)C1CCCCC1(C)C. The van der Waals surface area contributed by atoms with E-state index in [2.05, 4.69) is 25.7 Å². The van der Waals surface area contributed by atoms with Crippen LogP contribution >= 0.6 is 0 Å². The van der Waals surface area contributed by atoms with Crippen LogP contribution in [0.4, 0.5) is 4.79 Å². The fourth-order valence-electron chi connectivity index (χ4n) is 2.84. The van der Waals surface area contributed by atoms with Gasteiger partial charge >= 0.3 is 6.09 Å². The van der Waals surface area contributed by atoms with Gasteiger partial charge < -0.3 is 4.74 Å². The van der Waals surface area contributed by atoms with Crippen LogP contribution in [0.3, 0.4) is 0 Å². The van der Waals surface area contributed by atoms with E-state index in [1.54, 1.807) is 6.92 Å². The van der Waals surface area contributed by atoms with Crippen LogP contribution in [0, 0.1) is 17.3 Å².